The number of amides is 1. The van der Waals surface area contributed by atoms with Gasteiger partial charge in [-0.15, -0.1) is 0 Å². The van der Waals surface area contributed by atoms with Crippen molar-refractivity contribution in [2.45, 2.75) is 78.0 Å². The molecule has 0 saturated carbocycles. The van der Waals surface area contributed by atoms with Crippen molar-refractivity contribution in [2.75, 3.05) is 40.5 Å². The molecule has 1 aliphatic heterocycles. The molecule has 1 aromatic carbocycles. The molecule has 8 nitrogen and oxygen atoms in total. The number of hydrogen-bond acceptors (Lipinski definition) is 7. The van der Waals surface area contributed by atoms with E-state index < -0.39 is 12.1 Å². The number of methoxy groups -OCH3 is 2. The lowest BCUT2D eigenvalue weighted by molar-refractivity contribution is -0.128. The van der Waals surface area contributed by atoms with Crippen molar-refractivity contribution in [3.8, 4) is 11.5 Å². The van der Waals surface area contributed by atoms with Crippen molar-refractivity contribution in [3.63, 3.8) is 0 Å². The second-order valence-corrected chi connectivity index (χ2v) is 11.1. The van der Waals surface area contributed by atoms with E-state index in [2.05, 4.69) is 30.5 Å². The van der Waals surface area contributed by atoms with Gasteiger partial charge in [0.25, 0.3) is 0 Å². The summed E-state index contributed by atoms with van der Waals surface area (Å²) in [5, 5.41) is 17.5. The number of nitrogens with one attached hydrogen (secondary N) is 2. The first kappa shape index (κ1) is 31.3. The van der Waals surface area contributed by atoms with E-state index in [0.29, 0.717) is 37.7 Å². The fraction of sp³-hybridized carbons (Fsp3) is 0.759. The van der Waals surface area contributed by atoms with E-state index in [0.717, 1.165) is 43.7 Å². The maximum absolute atomic E-state index is 12.9. The highest BCUT2D eigenvalue weighted by Gasteiger charge is 2.31. The van der Waals surface area contributed by atoms with Gasteiger partial charge in [-0.05, 0) is 67.7 Å². The number of ether oxygens (including phenoxy) is 3. The third kappa shape index (κ3) is 10.4. The monoisotopic (exact) mass is 521 g/mol. The fourth-order valence-corrected chi connectivity index (χ4v) is 4.95. The Morgan fingerprint density at radius 2 is 1.89 bits per heavy atom. The van der Waals surface area contributed by atoms with Crippen LogP contribution in [0.1, 0.15) is 58.9 Å². The third-order valence-corrected chi connectivity index (χ3v) is 7.53. The summed E-state index contributed by atoms with van der Waals surface area (Å²) in [6.07, 6.45) is 2.87. The summed E-state index contributed by atoms with van der Waals surface area (Å²) in [7, 11) is 3.32. The molecule has 5 atom stereocenters. The Bertz CT molecular complexity index is 798. The van der Waals surface area contributed by atoms with Crippen molar-refractivity contribution in [2.24, 2.45) is 29.4 Å². The van der Waals surface area contributed by atoms with Gasteiger partial charge in [-0.3, -0.25) is 4.79 Å². The number of rotatable bonds is 17. The van der Waals surface area contributed by atoms with Crippen LogP contribution in [-0.4, -0.2) is 69.7 Å². The number of carbonyl (C=O) groups excluding carboxylic acids is 1. The van der Waals surface area contributed by atoms with Gasteiger partial charge in [-0.25, -0.2) is 0 Å². The number of hydrogen-bond donors (Lipinski definition) is 4. The van der Waals surface area contributed by atoms with Gasteiger partial charge in [0.15, 0.2) is 11.5 Å². The first-order valence-electron chi connectivity index (χ1n) is 13.9. The zero-order chi connectivity index (χ0) is 27.4. The van der Waals surface area contributed by atoms with E-state index in [4.69, 9.17) is 19.9 Å². The third-order valence-electron chi connectivity index (χ3n) is 7.53. The lowest BCUT2D eigenvalue weighted by Crippen LogP contribution is -2.45. The first-order valence-corrected chi connectivity index (χ1v) is 13.9. The molecule has 0 spiro atoms. The SMILES string of the molecule is COCCCOc1cc(CC(CC(N)C(O)CC(C(=O)N[C@@H]2CCNC2)C(C)C)C(C)C)ccc1OC. The molecule has 212 valence electrons. The predicted molar refractivity (Wildman–Crippen MR) is 148 cm³/mol. The van der Waals surface area contributed by atoms with Gasteiger partial charge in [0.2, 0.25) is 5.91 Å². The summed E-state index contributed by atoms with van der Waals surface area (Å²) in [5.74, 6) is 1.97. The molecule has 0 bridgehead atoms. The largest absolute Gasteiger partial charge is 0.493 e. The summed E-state index contributed by atoms with van der Waals surface area (Å²) in [6.45, 7) is 11.4. The highest BCUT2D eigenvalue weighted by atomic mass is 16.5. The Balaban J connectivity index is 2.00. The summed E-state index contributed by atoms with van der Waals surface area (Å²) in [5.41, 5.74) is 7.69. The molecule has 1 aliphatic rings. The predicted octanol–water partition coefficient (Wildman–Crippen LogP) is 3.14. The molecule has 0 aliphatic carbocycles. The van der Waals surface area contributed by atoms with Crippen LogP contribution in [0.4, 0.5) is 0 Å². The molecule has 37 heavy (non-hydrogen) atoms. The van der Waals surface area contributed by atoms with Crippen molar-refractivity contribution in [3.05, 3.63) is 23.8 Å². The van der Waals surface area contributed by atoms with Gasteiger partial charge in [0, 0.05) is 44.7 Å². The topological polar surface area (TPSA) is 115 Å². The maximum atomic E-state index is 12.9. The minimum Gasteiger partial charge on any atom is -0.493 e. The average molecular weight is 522 g/mol. The second-order valence-electron chi connectivity index (χ2n) is 11.1. The Labute approximate surface area is 224 Å². The van der Waals surface area contributed by atoms with E-state index >= 15 is 0 Å². The second kappa shape index (κ2) is 16.2. The Morgan fingerprint density at radius 3 is 2.49 bits per heavy atom. The van der Waals surface area contributed by atoms with E-state index in [9.17, 15) is 9.90 Å². The standard InChI is InChI=1S/C29H51N3O5/c1-19(2)22(14-21-8-9-27(36-6)28(15-21)37-13-7-12-35-5)16-25(30)26(33)17-24(20(3)4)29(34)32-23-10-11-31-18-23/h8-9,15,19-20,22-26,31,33H,7,10-14,16-18,30H2,1-6H3,(H,32,34)/t22?,23-,24?,25?,26?/m1/s1. The van der Waals surface area contributed by atoms with Crippen LogP contribution in [0.2, 0.25) is 0 Å². The minimum atomic E-state index is -0.739. The number of benzene rings is 1. The fourth-order valence-electron chi connectivity index (χ4n) is 4.95. The van der Waals surface area contributed by atoms with Gasteiger partial charge in [0.1, 0.15) is 0 Å². The molecular formula is C29H51N3O5. The Hall–Kier alpha value is -1.87. The molecule has 1 heterocycles. The van der Waals surface area contributed by atoms with Crippen molar-refractivity contribution < 1.29 is 24.1 Å². The summed E-state index contributed by atoms with van der Waals surface area (Å²) < 4.78 is 16.5. The van der Waals surface area contributed by atoms with Gasteiger partial charge in [0.05, 0.1) is 19.8 Å². The molecule has 4 unspecified atom stereocenters. The van der Waals surface area contributed by atoms with E-state index in [1.54, 1.807) is 14.2 Å². The number of aliphatic hydroxyl groups is 1. The minimum absolute atomic E-state index is 0.0200. The average Bonchev–Trinajstić information content (AvgIpc) is 3.37. The zero-order valence-corrected chi connectivity index (χ0v) is 23.8. The molecule has 1 aromatic rings. The van der Waals surface area contributed by atoms with E-state index in [-0.39, 0.29) is 29.7 Å². The van der Waals surface area contributed by atoms with Crippen LogP contribution in [0.5, 0.6) is 11.5 Å². The van der Waals surface area contributed by atoms with E-state index in [1.807, 2.05) is 26.0 Å². The summed E-state index contributed by atoms with van der Waals surface area (Å²) >= 11 is 0. The Kier molecular flexibility index (Phi) is 13.7. The van der Waals surface area contributed by atoms with Gasteiger partial charge in [-0.2, -0.15) is 0 Å². The van der Waals surface area contributed by atoms with Gasteiger partial charge < -0.3 is 35.7 Å². The maximum Gasteiger partial charge on any atom is 0.223 e. The zero-order valence-electron chi connectivity index (χ0n) is 23.8. The van der Waals surface area contributed by atoms with Crippen LogP contribution in [0.25, 0.3) is 0 Å². The molecule has 1 amide bonds. The summed E-state index contributed by atoms with van der Waals surface area (Å²) in [4.78, 5) is 12.9. The number of nitrogens with two attached hydrogens (primary N) is 1. The quantitative estimate of drug-likeness (QED) is 0.233. The van der Waals surface area contributed by atoms with Gasteiger partial charge >= 0.3 is 0 Å². The molecule has 0 aromatic heterocycles. The molecule has 1 fully saturated rings. The van der Waals surface area contributed by atoms with Crippen LogP contribution in [0.15, 0.2) is 18.2 Å². The van der Waals surface area contributed by atoms with Crippen LogP contribution < -0.4 is 25.8 Å². The van der Waals surface area contributed by atoms with Crippen LogP contribution in [-0.2, 0) is 16.0 Å². The number of carbonyl (C=O) groups is 1. The smallest absolute Gasteiger partial charge is 0.223 e. The molecular weight excluding hydrogens is 470 g/mol. The molecule has 0 radical (unpaired) electrons. The van der Waals surface area contributed by atoms with Crippen molar-refractivity contribution in [1.82, 2.24) is 10.6 Å². The van der Waals surface area contributed by atoms with Crippen LogP contribution >= 0.6 is 0 Å². The van der Waals surface area contributed by atoms with Crippen LogP contribution in [0.3, 0.4) is 0 Å². The van der Waals surface area contributed by atoms with Crippen molar-refractivity contribution in [1.29, 1.82) is 0 Å². The lowest BCUT2D eigenvalue weighted by atomic mass is 9.80. The van der Waals surface area contributed by atoms with E-state index in [1.165, 1.54) is 0 Å². The van der Waals surface area contributed by atoms with Crippen LogP contribution in [0, 0.1) is 23.7 Å². The first-order chi connectivity index (χ1) is 17.7. The molecule has 1 saturated heterocycles. The van der Waals surface area contributed by atoms with Crippen molar-refractivity contribution >= 4 is 5.91 Å². The highest BCUT2D eigenvalue weighted by molar-refractivity contribution is 5.79. The molecule has 2 rings (SSSR count). The van der Waals surface area contributed by atoms with Gasteiger partial charge in [-0.1, -0.05) is 33.8 Å². The normalized spacial score (nSPS) is 19.0. The number of aliphatic hydroxyl groups excluding tert-OH is 1. The summed E-state index contributed by atoms with van der Waals surface area (Å²) in [6, 6.07) is 5.81. The highest BCUT2D eigenvalue weighted by Crippen LogP contribution is 2.31. The lowest BCUT2D eigenvalue weighted by Gasteiger charge is -2.30. The Morgan fingerprint density at radius 1 is 1.14 bits per heavy atom. The molecule has 8 heteroatoms. The molecule has 5 N–H and O–H groups in total.